The maximum Gasteiger partial charge on any atom is 0.238 e. The topological polar surface area (TPSA) is 66.2 Å². The molecule has 2 aromatic rings. The van der Waals surface area contributed by atoms with E-state index >= 15 is 0 Å². The Morgan fingerprint density at radius 3 is 3.11 bits per heavy atom. The normalized spacial score (nSPS) is 10.7. The monoisotopic (exact) mass is 247 g/mol. The summed E-state index contributed by atoms with van der Waals surface area (Å²) in [7, 11) is 1.63. The molecule has 0 aliphatic rings. The minimum absolute atomic E-state index is 0.0546. The number of aromatic nitrogens is 1. The highest BCUT2D eigenvalue weighted by Crippen LogP contribution is 2.17. The predicted molar refractivity (Wildman–Crippen MR) is 71.7 cm³/mol. The van der Waals surface area contributed by atoms with E-state index in [4.69, 9.17) is 4.74 Å². The molecule has 0 aliphatic carbocycles. The van der Waals surface area contributed by atoms with E-state index in [0.29, 0.717) is 13.2 Å². The summed E-state index contributed by atoms with van der Waals surface area (Å²) < 4.78 is 4.88. The largest absolute Gasteiger partial charge is 0.383 e. The Morgan fingerprint density at radius 1 is 1.39 bits per heavy atom. The number of carbonyl (C=O) groups is 1. The Balaban J connectivity index is 1.86. The third-order valence-corrected chi connectivity index (χ3v) is 2.61. The molecule has 96 valence electrons. The van der Waals surface area contributed by atoms with Crippen LogP contribution in [-0.2, 0) is 9.53 Å². The van der Waals surface area contributed by atoms with Gasteiger partial charge in [0.2, 0.25) is 5.91 Å². The Bertz CT molecular complexity index is 522. The maximum absolute atomic E-state index is 11.6. The zero-order valence-electron chi connectivity index (χ0n) is 10.3. The molecule has 18 heavy (non-hydrogen) atoms. The van der Waals surface area contributed by atoms with Gasteiger partial charge in [-0.15, -0.1) is 0 Å². The highest BCUT2D eigenvalue weighted by atomic mass is 16.5. The third-order valence-electron chi connectivity index (χ3n) is 2.61. The summed E-state index contributed by atoms with van der Waals surface area (Å²) in [5.41, 5.74) is 1.87. The van der Waals surface area contributed by atoms with Gasteiger partial charge in [0.05, 0.1) is 13.2 Å². The number of amides is 1. The van der Waals surface area contributed by atoms with Gasteiger partial charge < -0.3 is 20.4 Å². The van der Waals surface area contributed by atoms with Gasteiger partial charge in [0.25, 0.3) is 0 Å². The van der Waals surface area contributed by atoms with E-state index in [9.17, 15) is 4.79 Å². The molecule has 0 radical (unpaired) electrons. The first-order valence-electron chi connectivity index (χ1n) is 5.86. The van der Waals surface area contributed by atoms with E-state index in [-0.39, 0.29) is 12.5 Å². The molecule has 5 nitrogen and oxygen atoms in total. The number of rotatable bonds is 6. The van der Waals surface area contributed by atoms with Crippen molar-refractivity contribution < 1.29 is 9.53 Å². The fourth-order valence-corrected chi connectivity index (χ4v) is 1.71. The number of hydrogen-bond acceptors (Lipinski definition) is 3. The molecule has 0 bridgehead atoms. The molecule has 0 aliphatic heterocycles. The van der Waals surface area contributed by atoms with Crippen LogP contribution in [0, 0.1) is 0 Å². The summed E-state index contributed by atoms with van der Waals surface area (Å²) in [6.07, 6.45) is 1.88. The van der Waals surface area contributed by atoms with Crippen LogP contribution in [0.25, 0.3) is 10.9 Å². The zero-order chi connectivity index (χ0) is 12.8. The van der Waals surface area contributed by atoms with Crippen LogP contribution in [0.15, 0.2) is 30.5 Å². The average Bonchev–Trinajstić information content (AvgIpc) is 2.82. The summed E-state index contributed by atoms with van der Waals surface area (Å²) in [4.78, 5) is 14.7. The van der Waals surface area contributed by atoms with E-state index < -0.39 is 0 Å². The van der Waals surface area contributed by atoms with Crippen molar-refractivity contribution in [3.63, 3.8) is 0 Å². The lowest BCUT2D eigenvalue weighted by atomic mass is 10.2. The Morgan fingerprint density at radius 2 is 2.28 bits per heavy atom. The first-order valence-corrected chi connectivity index (χ1v) is 5.86. The van der Waals surface area contributed by atoms with Crippen LogP contribution in [0.4, 0.5) is 5.69 Å². The maximum atomic E-state index is 11.6. The van der Waals surface area contributed by atoms with Crippen LogP contribution in [0.5, 0.6) is 0 Å². The molecule has 0 atom stereocenters. The molecule has 1 aromatic carbocycles. The standard InChI is InChI=1S/C13H17N3O2/c1-18-7-6-14-9-13(17)16-11-2-3-12-10(8-11)4-5-15-12/h2-5,8,14-15H,6-7,9H2,1H3,(H,16,17). The summed E-state index contributed by atoms with van der Waals surface area (Å²) in [6.45, 7) is 1.55. The lowest BCUT2D eigenvalue weighted by molar-refractivity contribution is -0.115. The average molecular weight is 247 g/mol. The summed E-state index contributed by atoms with van der Waals surface area (Å²) in [5, 5.41) is 6.92. The van der Waals surface area contributed by atoms with Crippen molar-refractivity contribution in [2.75, 3.05) is 32.1 Å². The van der Waals surface area contributed by atoms with Crippen molar-refractivity contribution in [3.05, 3.63) is 30.5 Å². The predicted octanol–water partition coefficient (Wildman–Crippen LogP) is 1.34. The molecule has 5 heteroatoms. The molecule has 1 aromatic heterocycles. The summed E-state index contributed by atoms with van der Waals surface area (Å²) in [5.74, 6) is -0.0546. The fraction of sp³-hybridized carbons (Fsp3) is 0.308. The number of fused-ring (bicyclic) bond motifs is 1. The number of aromatic amines is 1. The molecule has 0 unspecified atom stereocenters. The second-order valence-corrected chi connectivity index (χ2v) is 4.00. The molecule has 0 spiro atoms. The van der Waals surface area contributed by atoms with Gasteiger partial charge in [-0.1, -0.05) is 0 Å². The molecule has 0 saturated heterocycles. The van der Waals surface area contributed by atoms with Crippen LogP contribution in [0.2, 0.25) is 0 Å². The second kappa shape index (κ2) is 6.18. The van der Waals surface area contributed by atoms with Crippen LogP contribution in [0.3, 0.4) is 0 Å². The first-order chi connectivity index (χ1) is 8.79. The van der Waals surface area contributed by atoms with Crippen molar-refractivity contribution in [3.8, 4) is 0 Å². The van der Waals surface area contributed by atoms with Crippen LogP contribution in [-0.4, -0.2) is 37.7 Å². The molecule has 0 fully saturated rings. The van der Waals surface area contributed by atoms with Crippen molar-refractivity contribution in [2.45, 2.75) is 0 Å². The van der Waals surface area contributed by atoms with Gasteiger partial charge in [-0.3, -0.25) is 4.79 Å². The van der Waals surface area contributed by atoms with E-state index in [0.717, 1.165) is 16.6 Å². The van der Waals surface area contributed by atoms with Gasteiger partial charge >= 0.3 is 0 Å². The molecule has 1 heterocycles. The fourth-order valence-electron chi connectivity index (χ4n) is 1.71. The Hall–Kier alpha value is -1.85. The van der Waals surface area contributed by atoms with E-state index in [1.54, 1.807) is 7.11 Å². The number of ether oxygens (including phenoxy) is 1. The van der Waals surface area contributed by atoms with Crippen LogP contribution >= 0.6 is 0 Å². The molecule has 3 N–H and O–H groups in total. The molecule has 1 amide bonds. The molecular weight excluding hydrogens is 230 g/mol. The zero-order valence-corrected chi connectivity index (χ0v) is 10.3. The Labute approximate surface area is 106 Å². The number of H-pyrrole nitrogens is 1. The number of carbonyl (C=O) groups excluding carboxylic acids is 1. The van der Waals surface area contributed by atoms with E-state index in [1.165, 1.54) is 0 Å². The van der Waals surface area contributed by atoms with Gasteiger partial charge in [-0.2, -0.15) is 0 Å². The lowest BCUT2D eigenvalue weighted by Crippen LogP contribution is -2.30. The number of nitrogens with one attached hydrogen (secondary N) is 3. The van der Waals surface area contributed by atoms with Crippen LogP contribution < -0.4 is 10.6 Å². The first kappa shape index (κ1) is 12.6. The molecule has 0 saturated carbocycles. The van der Waals surface area contributed by atoms with Crippen molar-refractivity contribution in [1.82, 2.24) is 10.3 Å². The number of hydrogen-bond donors (Lipinski definition) is 3. The minimum Gasteiger partial charge on any atom is -0.383 e. The number of anilines is 1. The third kappa shape index (κ3) is 3.32. The molecule has 2 rings (SSSR count). The summed E-state index contributed by atoms with van der Waals surface area (Å²) in [6, 6.07) is 7.75. The van der Waals surface area contributed by atoms with E-state index in [2.05, 4.69) is 15.6 Å². The smallest absolute Gasteiger partial charge is 0.238 e. The lowest BCUT2D eigenvalue weighted by Gasteiger charge is -2.06. The highest BCUT2D eigenvalue weighted by molar-refractivity contribution is 5.94. The van der Waals surface area contributed by atoms with Gasteiger partial charge in [0.1, 0.15) is 0 Å². The second-order valence-electron chi connectivity index (χ2n) is 4.00. The van der Waals surface area contributed by atoms with Crippen molar-refractivity contribution >= 4 is 22.5 Å². The summed E-state index contributed by atoms with van der Waals surface area (Å²) >= 11 is 0. The minimum atomic E-state index is -0.0546. The highest BCUT2D eigenvalue weighted by Gasteiger charge is 2.02. The number of methoxy groups -OCH3 is 1. The van der Waals surface area contributed by atoms with Gasteiger partial charge in [0.15, 0.2) is 0 Å². The van der Waals surface area contributed by atoms with Gasteiger partial charge in [-0.05, 0) is 24.3 Å². The van der Waals surface area contributed by atoms with Gasteiger partial charge in [-0.25, -0.2) is 0 Å². The van der Waals surface area contributed by atoms with Crippen LogP contribution in [0.1, 0.15) is 0 Å². The van der Waals surface area contributed by atoms with Crippen molar-refractivity contribution in [1.29, 1.82) is 0 Å². The van der Waals surface area contributed by atoms with Gasteiger partial charge in [0, 0.05) is 36.4 Å². The SMILES string of the molecule is COCCNCC(=O)Nc1ccc2[nH]ccc2c1. The number of benzene rings is 1. The molecular formula is C13H17N3O2. The van der Waals surface area contributed by atoms with E-state index in [1.807, 2.05) is 30.5 Å². The van der Waals surface area contributed by atoms with Crippen molar-refractivity contribution in [2.24, 2.45) is 0 Å². The quantitative estimate of drug-likeness (QED) is 0.675. The Kier molecular flexibility index (Phi) is 4.33.